The van der Waals surface area contributed by atoms with Crippen LogP contribution in [0.4, 0.5) is 5.82 Å². The van der Waals surface area contributed by atoms with Gasteiger partial charge in [-0.2, -0.15) is 5.10 Å². The molecule has 0 aromatic carbocycles. The van der Waals surface area contributed by atoms with E-state index in [-0.39, 0.29) is 17.4 Å². The fraction of sp³-hybridized carbons (Fsp3) is 0.556. The zero-order valence-corrected chi connectivity index (χ0v) is 8.26. The van der Waals surface area contributed by atoms with Crippen LogP contribution < -0.4 is 11.5 Å². The van der Waals surface area contributed by atoms with Crippen molar-refractivity contribution in [3.63, 3.8) is 0 Å². The molecule has 82 valence electrons. The van der Waals surface area contributed by atoms with Crippen LogP contribution in [0.3, 0.4) is 0 Å². The maximum Gasteiger partial charge on any atom is 0.254 e. The zero-order valence-electron chi connectivity index (χ0n) is 8.26. The standard InChI is InChI=1S/C9H14N4O2/c10-8-5(9(11)15)4-12-13(8)6-2-1-3-7(6)14/h4,6-7,14H,1-3,10H2,(H2,11,15). The number of hydrogen-bond donors (Lipinski definition) is 3. The third kappa shape index (κ3) is 1.56. The van der Waals surface area contributed by atoms with E-state index in [0.29, 0.717) is 0 Å². The van der Waals surface area contributed by atoms with Crippen LogP contribution in [-0.4, -0.2) is 26.9 Å². The number of amides is 1. The van der Waals surface area contributed by atoms with E-state index in [2.05, 4.69) is 5.10 Å². The summed E-state index contributed by atoms with van der Waals surface area (Å²) in [7, 11) is 0. The number of hydrogen-bond acceptors (Lipinski definition) is 4. The third-order valence-electron chi connectivity index (χ3n) is 2.86. The molecule has 15 heavy (non-hydrogen) atoms. The minimum atomic E-state index is -0.591. The van der Waals surface area contributed by atoms with E-state index >= 15 is 0 Å². The molecule has 1 fully saturated rings. The Labute approximate surface area is 86.9 Å². The number of carbonyl (C=O) groups excluding carboxylic acids is 1. The zero-order chi connectivity index (χ0) is 11.0. The minimum Gasteiger partial charge on any atom is -0.391 e. The van der Waals surface area contributed by atoms with Crippen LogP contribution in [0.1, 0.15) is 35.7 Å². The number of anilines is 1. The lowest BCUT2D eigenvalue weighted by molar-refractivity contribution is 0.100. The molecule has 2 rings (SSSR count). The predicted octanol–water partition coefficient (Wildman–Crippen LogP) is -0.350. The number of nitrogens with two attached hydrogens (primary N) is 2. The number of nitrogen functional groups attached to an aromatic ring is 1. The van der Waals surface area contributed by atoms with Crippen molar-refractivity contribution in [1.82, 2.24) is 9.78 Å². The highest BCUT2D eigenvalue weighted by molar-refractivity contribution is 5.96. The Morgan fingerprint density at radius 1 is 1.60 bits per heavy atom. The second-order valence-electron chi connectivity index (χ2n) is 3.82. The molecule has 1 amide bonds. The normalized spacial score (nSPS) is 25.7. The van der Waals surface area contributed by atoms with Crippen molar-refractivity contribution in [2.24, 2.45) is 5.73 Å². The molecular weight excluding hydrogens is 196 g/mol. The quantitative estimate of drug-likeness (QED) is 0.620. The first-order chi connectivity index (χ1) is 7.11. The van der Waals surface area contributed by atoms with Crippen molar-refractivity contribution in [1.29, 1.82) is 0 Å². The Bertz CT molecular complexity index is 387. The second-order valence-corrected chi connectivity index (χ2v) is 3.82. The molecular formula is C9H14N4O2. The maximum absolute atomic E-state index is 11.0. The maximum atomic E-state index is 11.0. The summed E-state index contributed by atoms with van der Waals surface area (Å²) in [5.41, 5.74) is 11.1. The van der Waals surface area contributed by atoms with E-state index in [4.69, 9.17) is 11.5 Å². The molecule has 1 heterocycles. The average Bonchev–Trinajstić information content (AvgIpc) is 2.71. The molecule has 0 bridgehead atoms. The van der Waals surface area contributed by atoms with Gasteiger partial charge in [0.1, 0.15) is 11.4 Å². The Balaban J connectivity index is 2.33. The molecule has 6 nitrogen and oxygen atoms in total. The van der Waals surface area contributed by atoms with Crippen LogP contribution in [0.2, 0.25) is 0 Å². The highest BCUT2D eigenvalue weighted by Crippen LogP contribution is 2.31. The van der Waals surface area contributed by atoms with Gasteiger partial charge in [0.05, 0.1) is 18.3 Å². The second kappa shape index (κ2) is 3.54. The Hall–Kier alpha value is -1.56. The largest absolute Gasteiger partial charge is 0.391 e. The van der Waals surface area contributed by atoms with Crippen LogP contribution in [0.5, 0.6) is 0 Å². The number of aromatic nitrogens is 2. The summed E-state index contributed by atoms with van der Waals surface area (Å²) in [5.74, 6) is -0.348. The van der Waals surface area contributed by atoms with E-state index in [1.807, 2.05) is 0 Å². The van der Waals surface area contributed by atoms with Crippen molar-refractivity contribution in [2.75, 3.05) is 5.73 Å². The van der Waals surface area contributed by atoms with Gasteiger partial charge in [0.2, 0.25) is 0 Å². The highest BCUT2D eigenvalue weighted by Gasteiger charge is 2.29. The van der Waals surface area contributed by atoms with Crippen molar-refractivity contribution >= 4 is 11.7 Å². The molecule has 0 aliphatic heterocycles. The molecule has 0 saturated heterocycles. The monoisotopic (exact) mass is 210 g/mol. The van der Waals surface area contributed by atoms with Crippen LogP contribution in [0.15, 0.2) is 6.20 Å². The summed E-state index contributed by atoms with van der Waals surface area (Å²) in [4.78, 5) is 11.0. The molecule has 0 radical (unpaired) electrons. The number of nitrogens with zero attached hydrogens (tertiary/aromatic N) is 2. The van der Waals surface area contributed by atoms with E-state index in [9.17, 15) is 9.90 Å². The topological polar surface area (TPSA) is 107 Å². The van der Waals surface area contributed by atoms with Gasteiger partial charge in [-0.1, -0.05) is 0 Å². The lowest BCUT2D eigenvalue weighted by atomic mass is 10.2. The number of primary amides is 1. The summed E-state index contributed by atoms with van der Waals surface area (Å²) in [6, 6.07) is -0.127. The number of aliphatic hydroxyl groups is 1. The Morgan fingerprint density at radius 3 is 2.80 bits per heavy atom. The molecule has 0 spiro atoms. The van der Waals surface area contributed by atoms with Gasteiger partial charge in [-0.25, -0.2) is 4.68 Å². The van der Waals surface area contributed by atoms with Crippen molar-refractivity contribution < 1.29 is 9.90 Å². The van der Waals surface area contributed by atoms with Gasteiger partial charge in [-0.3, -0.25) is 4.79 Å². The van der Waals surface area contributed by atoms with Crippen LogP contribution in [-0.2, 0) is 0 Å². The summed E-state index contributed by atoms with van der Waals surface area (Å²) >= 11 is 0. The molecule has 6 heteroatoms. The SMILES string of the molecule is NC(=O)c1cnn(C2CCCC2O)c1N. The number of carbonyl (C=O) groups is 1. The van der Waals surface area contributed by atoms with E-state index in [0.717, 1.165) is 19.3 Å². The summed E-state index contributed by atoms with van der Waals surface area (Å²) in [6.45, 7) is 0. The molecule has 1 aliphatic rings. The molecule has 1 aliphatic carbocycles. The smallest absolute Gasteiger partial charge is 0.254 e. The first-order valence-electron chi connectivity index (χ1n) is 4.92. The third-order valence-corrected chi connectivity index (χ3v) is 2.86. The van der Waals surface area contributed by atoms with Crippen molar-refractivity contribution in [3.8, 4) is 0 Å². The fourth-order valence-electron chi connectivity index (χ4n) is 2.03. The van der Waals surface area contributed by atoms with Gasteiger partial charge >= 0.3 is 0 Å². The summed E-state index contributed by atoms with van der Waals surface area (Å²) in [6.07, 6.45) is 3.42. The summed E-state index contributed by atoms with van der Waals surface area (Å²) < 4.78 is 1.50. The first kappa shape index (κ1) is 9.97. The minimum absolute atomic E-state index is 0.127. The van der Waals surface area contributed by atoms with Gasteiger partial charge < -0.3 is 16.6 Å². The van der Waals surface area contributed by atoms with Crippen molar-refractivity contribution in [3.05, 3.63) is 11.8 Å². The Morgan fingerprint density at radius 2 is 2.33 bits per heavy atom. The van der Waals surface area contributed by atoms with Crippen LogP contribution in [0.25, 0.3) is 0 Å². The lowest BCUT2D eigenvalue weighted by Crippen LogP contribution is -2.22. The van der Waals surface area contributed by atoms with E-state index in [1.165, 1.54) is 10.9 Å². The first-order valence-corrected chi connectivity index (χ1v) is 4.92. The highest BCUT2D eigenvalue weighted by atomic mass is 16.3. The fourth-order valence-corrected chi connectivity index (χ4v) is 2.03. The molecule has 2 unspecified atom stereocenters. The van der Waals surface area contributed by atoms with Gasteiger partial charge in [-0.15, -0.1) is 0 Å². The molecule has 2 atom stereocenters. The number of rotatable bonds is 2. The van der Waals surface area contributed by atoms with Crippen LogP contribution in [0, 0.1) is 0 Å². The van der Waals surface area contributed by atoms with Gasteiger partial charge in [-0.05, 0) is 19.3 Å². The van der Waals surface area contributed by atoms with Crippen LogP contribution >= 0.6 is 0 Å². The average molecular weight is 210 g/mol. The predicted molar refractivity (Wildman–Crippen MR) is 54.1 cm³/mol. The number of aliphatic hydroxyl groups excluding tert-OH is 1. The van der Waals surface area contributed by atoms with Gasteiger partial charge in [0, 0.05) is 0 Å². The van der Waals surface area contributed by atoms with E-state index < -0.39 is 12.0 Å². The van der Waals surface area contributed by atoms with E-state index in [1.54, 1.807) is 0 Å². The molecule has 1 saturated carbocycles. The lowest BCUT2D eigenvalue weighted by Gasteiger charge is -2.16. The molecule has 5 N–H and O–H groups in total. The molecule has 1 aromatic heterocycles. The van der Waals surface area contributed by atoms with Gasteiger partial charge in [0.15, 0.2) is 0 Å². The molecule has 1 aromatic rings. The van der Waals surface area contributed by atoms with Crippen molar-refractivity contribution in [2.45, 2.75) is 31.4 Å². The summed E-state index contributed by atoms with van der Waals surface area (Å²) in [5, 5.41) is 13.7. The Kier molecular flexibility index (Phi) is 2.36. The van der Waals surface area contributed by atoms with Gasteiger partial charge in [0.25, 0.3) is 5.91 Å².